The normalized spacial score (nSPS) is 22.8. The molecule has 2 aromatic rings. The number of amides is 2. The first-order chi connectivity index (χ1) is 12.6. The third kappa shape index (κ3) is 3.40. The quantitative estimate of drug-likeness (QED) is 0.831. The number of carbonyl (C=O) groups is 2. The zero-order valence-electron chi connectivity index (χ0n) is 15.1. The average Bonchev–Trinajstić information content (AvgIpc) is 3.41. The van der Waals surface area contributed by atoms with E-state index in [4.69, 9.17) is 0 Å². The van der Waals surface area contributed by atoms with Crippen LogP contribution in [0.4, 0.5) is 0 Å². The Balaban J connectivity index is 1.36. The Morgan fingerprint density at radius 1 is 1.00 bits per heavy atom. The van der Waals surface area contributed by atoms with Crippen LogP contribution in [0.3, 0.4) is 0 Å². The van der Waals surface area contributed by atoms with Crippen molar-refractivity contribution in [1.29, 1.82) is 0 Å². The summed E-state index contributed by atoms with van der Waals surface area (Å²) in [6.45, 7) is 4.74. The molecule has 2 heterocycles. The van der Waals surface area contributed by atoms with Crippen molar-refractivity contribution in [2.75, 3.05) is 26.2 Å². The van der Waals surface area contributed by atoms with Crippen molar-refractivity contribution in [1.82, 2.24) is 9.80 Å². The topological polar surface area (TPSA) is 40.6 Å². The van der Waals surface area contributed by atoms with Crippen LogP contribution >= 0.6 is 11.3 Å². The van der Waals surface area contributed by atoms with E-state index in [2.05, 4.69) is 12.1 Å². The van der Waals surface area contributed by atoms with Crippen molar-refractivity contribution in [3.63, 3.8) is 0 Å². The van der Waals surface area contributed by atoms with Crippen molar-refractivity contribution >= 4 is 23.2 Å². The minimum atomic E-state index is 0.111. The van der Waals surface area contributed by atoms with Crippen LogP contribution < -0.4 is 0 Å². The summed E-state index contributed by atoms with van der Waals surface area (Å²) in [4.78, 5) is 30.3. The Morgan fingerprint density at radius 2 is 1.73 bits per heavy atom. The second kappa shape index (κ2) is 7.23. The van der Waals surface area contributed by atoms with Crippen molar-refractivity contribution in [2.45, 2.75) is 25.7 Å². The molecule has 4 rings (SSSR count). The molecule has 0 unspecified atom stereocenters. The number of aryl methyl sites for hydroxylation is 1. The Bertz CT molecular complexity index is 801. The monoisotopic (exact) mass is 368 g/mol. The van der Waals surface area contributed by atoms with Gasteiger partial charge in [-0.2, -0.15) is 0 Å². The van der Waals surface area contributed by atoms with Gasteiger partial charge in [-0.3, -0.25) is 9.59 Å². The van der Waals surface area contributed by atoms with Crippen LogP contribution in [-0.4, -0.2) is 47.8 Å². The van der Waals surface area contributed by atoms with Gasteiger partial charge in [0.15, 0.2) is 0 Å². The average molecular weight is 369 g/mol. The van der Waals surface area contributed by atoms with E-state index in [-0.39, 0.29) is 17.7 Å². The molecule has 1 aliphatic heterocycles. The van der Waals surface area contributed by atoms with Gasteiger partial charge in [0.25, 0.3) is 5.91 Å². The van der Waals surface area contributed by atoms with Crippen LogP contribution in [0, 0.1) is 12.8 Å². The van der Waals surface area contributed by atoms with Gasteiger partial charge in [-0.1, -0.05) is 30.3 Å². The third-order valence-corrected chi connectivity index (χ3v) is 6.49. The minimum absolute atomic E-state index is 0.111. The Morgan fingerprint density at radius 3 is 2.46 bits per heavy atom. The Hall–Kier alpha value is -2.14. The van der Waals surface area contributed by atoms with E-state index in [0.717, 1.165) is 36.4 Å². The summed E-state index contributed by atoms with van der Waals surface area (Å²) in [5, 5.41) is 1.97. The number of hydrogen-bond acceptors (Lipinski definition) is 3. The maximum Gasteiger partial charge on any atom is 0.264 e. The summed E-state index contributed by atoms with van der Waals surface area (Å²) < 4.78 is 0. The van der Waals surface area contributed by atoms with Gasteiger partial charge in [0.1, 0.15) is 0 Å². The molecule has 4 nitrogen and oxygen atoms in total. The highest BCUT2D eigenvalue weighted by Gasteiger charge is 2.45. The highest BCUT2D eigenvalue weighted by Crippen LogP contribution is 2.48. The lowest BCUT2D eigenvalue weighted by molar-refractivity contribution is -0.132. The summed E-state index contributed by atoms with van der Waals surface area (Å²) in [7, 11) is 0. The van der Waals surface area contributed by atoms with Crippen LogP contribution in [0.2, 0.25) is 0 Å². The summed E-state index contributed by atoms with van der Waals surface area (Å²) in [5.41, 5.74) is 2.31. The molecule has 1 aliphatic carbocycles. The highest BCUT2D eigenvalue weighted by molar-refractivity contribution is 7.12. The number of nitrogens with zero attached hydrogens (tertiary/aromatic N) is 2. The molecule has 0 N–H and O–H groups in total. The molecule has 5 heteroatoms. The maximum absolute atomic E-state index is 12.9. The van der Waals surface area contributed by atoms with E-state index in [1.807, 2.05) is 46.4 Å². The Kier molecular flexibility index (Phi) is 4.81. The number of hydrogen-bond donors (Lipinski definition) is 0. The molecule has 0 radical (unpaired) electrons. The van der Waals surface area contributed by atoms with Crippen LogP contribution in [0.15, 0.2) is 41.8 Å². The van der Waals surface area contributed by atoms with Crippen LogP contribution in [0.5, 0.6) is 0 Å². The molecule has 1 aromatic heterocycles. The first kappa shape index (κ1) is 17.3. The summed E-state index contributed by atoms with van der Waals surface area (Å²) in [6, 6.07) is 12.3. The van der Waals surface area contributed by atoms with Gasteiger partial charge in [0, 0.05) is 32.1 Å². The summed E-state index contributed by atoms with van der Waals surface area (Å²) in [6.07, 6.45) is 1.81. The van der Waals surface area contributed by atoms with Gasteiger partial charge in [0.05, 0.1) is 4.88 Å². The molecule has 0 bridgehead atoms. The smallest absolute Gasteiger partial charge is 0.264 e. The second-order valence-corrected chi connectivity index (χ2v) is 8.18. The number of thiophene rings is 1. The third-order valence-electron chi connectivity index (χ3n) is 5.49. The van der Waals surface area contributed by atoms with Crippen molar-refractivity contribution in [3.05, 3.63) is 57.8 Å². The largest absolute Gasteiger partial charge is 0.341 e. The van der Waals surface area contributed by atoms with Crippen molar-refractivity contribution in [2.24, 2.45) is 5.92 Å². The molecule has 1 saturated heterocycles. The van der Waals surface area contributed by atoms with E-state index in [0.29, 0.717) is 19.0 Å². The van der Waals surface area contributed by atoms with Crippen molar-refractivity contribution < 1.29 is 9.59 Å². The minimum Gasteiger partial charge on any atom is -0.341 e. The molecule has 1 saturated carbocycles. The molecular formula is C21H24N2O2S. The van der Waals surface area contributed by atoms with Crippen LogP contribution in [0.25, 0.3) is 0 Å². The van der Waals surface area contributed by atoms with E-state index >= 15 is 0 Å². The number of carbonyl (C=O) groups excluding carboxylic acids is 2. The maximum atomic E-state index is 12.9. The van der Waals surface area contributed by atoms with Gasteiger partial charge in [0.2, 0.25) is 5.91 Å². The lowest BCUT2D eigenvalue weighted by Crippen LogP contribution is -2.38. The van der Waals surface area contributed by atoms with E-state index in [1.54, 1.807) is 0 Å². The predicted octanol–water partition coefficient (Wildman–Crippen LogP) is 3.53. The molecule has 1 aromatic carbocycles. The van der Waals surface area contributed by atoms with E-state index < -0.39 is 0 Å². The molecular weight excluding hydrogens is 344 g/mol. The second-order valence-electron chi connectivity index (χ2n) is 7.26. The molecule has 2 fully saturated rings. The summed E-state index contributed by atoms with van der Waals surface area (Å²) in [5.74, 6) is 0.874. The zero-order chi connectivity index (χ0) is 18.1. The van der Waals surface area contributed by atoms with Crippen LogP contribution in [0.1, 0.15) is 39.6 Å². The molecule has 2 amide bonds. The van der Waals surface area contributed by atoms with Gasteiger partial charge in [-0.25, -0.2) is 0 Å². The molecule has 2 aliphatic rings. The number of benzene rings is 1. The fourth-order valence-electron chi connectivity index (χ4n) is 3.85. The van der Waals surface area contributed by atoms with E-state index in [1.165, 1.54) is 16.9 Å². The first-order valence-corrected chi connectivity index (χ1v) is 10.2. The van der Waals surface area contributed by atoms with Crippen molar-refractivity contribution in [3.8, 4) is 0 Å². The standard InChI is InChI=1S/C21H24N2O2S/c1-15-8-13-26-19(15)21(25)23-10-5-9-22(11-12-23)20(24)18-14-17(18)16-6-3-2-4-7-16/h2-4,6-8,13,17-18H,5,9-12,14H2,1H3/t17-,18+/m0/s1. The van der Waals surface area contributed by atoms with Gasteiger partial charge < -0.3 is 9.80 Å². The van der Waals surface area contributed by atoms with Gasteiger partial charge in [-0.05, 0) is 48.3 Å². The van der Waals surface area contributed by atoms with Crippen LogP contribution in [-0.2, 0) is 4.79 Å². The van der Waals surface area contributed by atoms with E-state index in [9.17, 15) is 9.59 Å². The molecule has 26 heavy (non-hydrogen) atoms. The fourth-order valence-corrected chi connectivity index (χ4v) is 4.74. The van der Waals surface area contributed by atoms with Gasteiger partial charge >= 0.3 is 0 Å². The Labute approximate surface area is 158 Å². The molecule has 0 spiro atoms. The first-order valence-electron chi connectivity index (χ1n) is 9.32. The summed E-state index contributed by atoms with van der Waals surface area (Å²) >= 11 is 1.51. The predicted molar refractivity (Wildman–Crippen MR) is 103 cm³/mol. The lowest BCUT2D eigenvalue weighted by Gasteiger charge is -2.22. The molecule has 136 valence electrons. The lowest BCUT2D eigenvalue weighted by atomic mass is 10.1. The zero-order valence-corrected chi connectivity index (χ0v) is 15.9. The molecule has 2 atom stereocenters. The van der Waals surface area contributed by atoms with Gasteiger partial charge in [-0.15, -0.1) is 11.3 Å². The fraction of sp³-hybridized carbons (Fsp3) is 0.429. The highest BCUT2D eigenvalue weighted by atomic mass is 32.1. The number of rotatable bonds is 3. The SMILES string of the molecule is Cc1ccsc1C(=O)N1CCCN(C(=O)[C@@H]2C[C@H]2c2ccccc2)CC1.